The zero-order chi connectivity index (χ0) is 19.4. The van der Waals surface area contributed by atoms with Crippen molar-refractivity contribution in [2.45, 2.75) is 12.3 Å². The lowest BCUT2D eigenvalue weighted by Crippen LogP contribution is -2.38. The van der Waals surface area contributed by atoms with Gasteiger partial charge in [0, 0.05) is 37.8 Å². The van der Waals surface area contributed by atoms with Crippen molar-refractivity contribution < 1.29 is 15.0 Å². The van der Waals surface area contributed by atoms with Crippen molar-refractivity contribution in [3.05, 3.63) is 61.3 Å². The van der Waals surface area contributed by atoms with E-state index in [2.05, 4.69) is 4.99 Å². The molecule has 0 fully saturated rings. The number of aliphatic carboxylic acids is 1. The Morgan fingerprint density at radius 2 is 1.85 bits per heavy atom. The number of carbonyl (C=O) groups is 1. The van der Waals surface area contributed by atoms with Crippen LogP contribution in [0, 0.1) is 0 Å². The molecule has 0 aliphatic carbocycles. The molecule has 0 bridgehead atoms. The van der Waals surface area contributed by atoms with Crippen LogP contribution >= 0.6 is 11.6 Å². The summed E-state index contributed by atoms with van der Waals surface area (Å²) < 4.78 is 1.78. The van der Waals surface area contributed by atoms with Gasteiger partial charge in [-0.3, -0.25) is 23.7 Å². The van der Waals surface area contributed by atoms with E-state index in [1.165, 1.54) is 14.1 Å². The Morgan fingerprint density at radius 3 is 2.42 bits per heavy atom. The third kappa shape index (κ3) is 4.20. The smallest absolute Gasteiger partial charge is 0.333 e. The fourth-order valence-corrected chi connectivity index (χ4v) is 2.60. The standard InChI is InChI=1S/C17H18ClN3O5/c1-20-15(24)13(16(25)21(2)17(20)26)9-19-8-11(7-14(22)23)10-3-5-12(18)6-4-10/h3-6,9,11,24H,7-8H2,1-2H3,(H,22,23). The molecule has 0 aliphatic heterocycles. The topological polar surface area (TPSA) is 114 Å². The van der Waals surface area contributed by atoms with Crippen molar-refractivity contribution in [1.82, 2.24) is 9.13 Å². The van der Waals surface area contributed by atoms with Crippen LogP contribution in [0.25, 0.3) is 0 Å². The van der Waals surface area contributed by atoms with E-state index in [9.17, 15) is 19.5 Å². The highest BCUT2D eigenvalue weighted by molar-refractivity contribution is 6.30. The number of hydrogen-bond donors (Lipinski definition) is 2. The summed E-state index contributed by atoms with van der Waals surface area (Å²) in [5, 5.41) is 19.6. The van der Waals surface area contributed by atoms with E-state index in [0.717, 1.165) is 20.9 Å². The molecular weight excluding hydrogens is 362 g/mol. The van der Waals surface area contributed by atoms with Crippen molar-refractivity contribution >= 4 is 23.8 Å². The monoisotopic (exact) mass is 379 g/mol. The molecule has 0 saturated carbocycles. The van der Waals surface area contributed by atoms with E-state index in [1.54, 1.807) is 24.3 Å². The molecule has 0 radical (unpaired) electrons. The Bertz CT molecular complexity index is 960. The zero-order valence-corrected chi connectivity index (χ0v) is 15.0. The van der Waals surface area contributed by atoms with Crippen LogP contribution in [0.1, 0.15) is 23.5 Å². The lowest BCUT2D eigenvalue weighted by molar-refractivity contribution is -0.137. The molecule has 0 amide bonds. The first-order valence-corrected chi connectivity index (χ1v) is 8.06. The van der Waals surface area contributed by atoms with Gasteiger partial charge in [0.1, 0.15) is 5.56 Å². The van der Waals surface area contributed by atoms with Crippen LogP contribution in [0.5, 0.6) is 5.88 Å². The Morgan fingerprint density at radius 1 is 1.23 bits per heavy atom. The molecule has 138 valence electrons. The van der Waals surface area contributed by atoms with E-state index in [1.807, 2.05) is 0 Å². The van der Waals surface area contributed by atoms with Crippen LogP contribution in [0.15, 0.2) is 38.8 Å². The van der Waals surface area contributed by atoms with Gasteiger partial charge in [-0.2, -0.15) is 0 Å². The first kappa shape index (κ1) is 19.5. The quantitative estimate of drug-likeness (QED) is 0.730. The van der Waals surface area contributed by atoms with Crippen LogP contribution in [-0.4, -0.2) is 38.1 Å². The highest BCUT2D eigenvalue weighted by atomic mass is 35.5. The van der Waals surface area contributed by atoms with Gasteiger partial charge in [0.05, 0.1) is 6.42 Å². The van der Waals surface area contributed by atoms with Crippen molar-refractivity contribution in [2.75, 3.05) is 6.54 Å². The molecule has 1 aromatic carbocycles. The molecule has 1 heterocycles. The number of carboxylic acids is 1. The first-order valence-electron chi connectivity index (χ1n) is 7.68. The van der Waals surface area contributed by atoms with Gasteiger partial charge in [0.15, 0.2) is 0 Å². The fraction of sp³-hybridized carbons (Fsp3) is 0.294. The highest BCUT2D eigenvalue weighted by Gasteiger charge is 2.16. The number of aliphatic imine (C=N–C) groups is 1. The molecule has 1 atom stereocenters. The number of hydrogen-bond acceptors (Lipinski definition) is 5. The molecule has 2 rings (SSSR count). The van der Waals surface area contributed by atoms with Crippen LogP contribution in [0.3, 0.4) is 0 Å². The maximum Gasteiger partial charge on any atom is 0.333 e. The molecule has 0 spiro atoms. The average Bonchev–Trinajstić information content (AvgIpc) is 2.60. The first-order chi connectivity index (χ1) is 12.2. The Labute approximate surface area is 153 Å². The van der Waals surface area contributed by atoms with Gasteiger partial charge >= 0.3 is 11.7 Å². The minimum Gasteiger partial charge on any atom is -0.494 e. The average molecular weight is 380 g/mol. The number of benzene rings is 1. The SMILES string of the molecule is Cn1c(O)c(C=NCC(CC(=O)O)c2ccc(Cl)cc2)c(=O)n(C)c1=O. The summed E-state index contributed by atoms with van der Waals surface area (Å²) in [4.78, 5) is 39.1. The predicted octanol–water partition coefficient (Wildman–Crippen LogP) is 1.12. The number of aromatic hydroxyl groups is 1. The van der Waals surface area contributed by atoms with Gasteiger partial charge in [-0.1, -0.05) is 23.7 Å². The summed E-state index contributed by atoms with van der Waals surface area (Å²) >= 11 is 5.85. The third-order valence-electron chi connectivity index (χ3n) is 3.98. The molecule has 26 heavy (non-hydrogen) atoms. The van der Waals surface area contributed by atoms with E-state index >= 15 is 0 Å². The summed E-state index contributed by atoms with van der Waals surface area (Å²) in [5.74, 6) is -1.91. The van der Waals surface area contributed by atoms with Gasteiger partial charge in [-0.15, -0.1) is 0 Å². The molecule has 8 nitrogen and oxygen atoms in total. The van der Waals surface area contributed by atoms with Crippen molar-refractivity contribution in [3.63, 3.8) is 0 Å². The summed E-state index contributed by atoms with van der Waals surface area (Å²) in [6.07, 6.45) is 0.998. The second-order valence-electron chi connectivity index (χ2n) is 5.78. The van der Waals surface area contributed by atoms with Gasteiger partial charge in [0.25, 0.3) is 5.56 Å². The summed E-state index contributed by atoms with van der Waals surface area (Å²) in [7, 11) is 2.62. The third-order valence-corrected chi connectivity index (χ3v) is 4.23. The molecule has 0 saturated heterocycles. The van der Waals surface area contributed by atoms with Crippen molar-refractivity contribution in [1.29, 1.82) is 0 Å². The van der Waals surface area contributed by atoms with Gasteiger partial charge in [-0.25, -0.2) is 4.79 Å². The van der Waals surface area contributed by atoms with Crippen LogP contribution in [-0.2, 0) is 18.9 Å². The second-order valence-corrected chi connectivity index (χ2v) is 6.22. The Hall–Kier alpha value is -2.87. The maximum atomic E-state index is 12.1. The van der Waals surface area contributed by atoms with Gasteiger partial charge in [-0.05, 0) is 17.7 Å². The molecule has 2 aromatic rings. The normalized spacial score (nSPS) is 12.4. The van der Waals surface area contributed by atoms with E-state index < -0.39 is 29.0 Å². The molecule has 1 unspecified atom stereocenters. The highest BCUT2D eigenvalue weighted by Crippen LogP contribution is 2.22. The van der Waals surface area contributed by atoms with Crippen LogP contribution in [0.2, 0.25) is 5.02 Å². The molecule has 1 aromatic heterocycles. The van der Waals surface area contributed by atoms with Crippen LogP contribution in [0.4, 0.5) is 0 Å². The predicted molar refractivity (Wildman–Crippen MR) is 97.5 cm³/mol. The Balaban J connectivity index is 2.32. The number of aromatic nitrogens is 2. The number of halogens is 1. The van der Waals surface area contributed by atoms with E-state index in [4.69, 9.17) is 16.7 Å². The lowest BCUT2D eigenvalue weighted by atomic mass is 9.96. The fourth-order valence-electron chi connectivity index (χ4n) is 2.48. The Kier molecular flexibility index (Phi) is 5.99. The summed E-state index contributed by atoms with van der Waals surface area (Å²) in [5.41, 5.74) is -0.739. The maximum absolute atomic E-state index is 12.1. The molecular formula is C17H18ClN3O5. The largest absolute Gasteiger partial charge is 0.494 e. The molecule has 0 aliphatic rings. The van der Waals surface area contributed by atoms with E-state index in [0.29, 0.717) is 5.02 Å². The number of nitrogens with zero attached hydrogens (tertiary/aromatic N) is 3. The van der Waals surface area contributed by atoms with Crippen molar-refractivity contribution in [3.8, 4) is 5.88 Å². The van der Waals surface area contributed by atoms with Crippen molar-refractivity contribution in [2.24, 2.45) is 19.1 Å². The zero-order valence-electron chi connectivity index (χ0n) is 14.2. The molecule has 9 heteroatoms. The minimum absolute atomic E-state index is 0.0827. The lowest BCUT2D eigenvalue weighted by Gasteiger charge is -2.13. The summed E-state index contributed by atoms with van der Waals surface area (Å²) in [6.45, 7) is 0.0827. The number of rotatable bonds is 6. The number of carboxylic acid groups (broad SMARTS) is 1. The molecule has 2 N–H and O–H groups in total. The van der Waals surface area contributed by atoms with Gasteiger partial charge in [0.2, 0.25) is 5.88 Å². The van der Waals surface area contributed by atoms with Crippen LogP contribution < -0.4 is 11.2 Å². The van der Waals surface area contributed by atoms with E-state index in [-0.39, 0.29) is 18.5 Å². The second kappa shape index (κ2) is 8.01. The minimum atomic E-state index is -0.985. The van der Waals surface area contributed by atoms with Gasteiger partial charge < -0.3 is 10.2 Å². The summed E-state index contributed by atoms with van der Waals surface area (Å²) in [6, 6.07) is 6.75.